The molecule has 9 N–H and O–H groups in total. The Labute approximate surface area is 212 Å². The molecule has 1 fully saturated rings. The second kappa shape index (κ2) is 9.11. The number of benzene rings is 1. The van der Waals surface area contributed by atoms with Crippen molar-refractivity contribution in [2.24, 2.45) is 22.6 Å². The molecule has 0 unspecified atom stereocenters. The van der Waals surface area contributed by atoms with E-state index in [4.69, 9.17) is 21.7 Å². The summed E-state index contributed by atoms with van der Waals surface area (Å²) in [6.07, 6.45) is -0.0187. The zero-order valence-electron chi connectivity index (χ0n) is 20.7. The molecule has 0 heterocycles. The Morgan fingerprint density at radius 2 is 2.03 bits per heavy atom. The number of fused-ring (bicyclic) bond motifs is 3. The number of hydrogen-bond donors (Lipinski definition) is 7. The van der Waals surface area contributed by atoms with Gasteiger partial charge in [0.15, 0.2) is 5.60 Å². The topological polar surface area (TPSA) is 225 Å². The number of phenols is 1. The van der Waals surface area contributed by atoms with E-state index in [9.17, 15) is 29.8 Å². The maximum Gasteiger partial charge on any atom is 0.252 e. The number of rotatable bonds is 7. The second-order valence-electron chi connectivity index (χ2n) is 9.76. The lowest BCUT2D eigenvalue weighted by Gasteiger charge is -2.57. The van der Waals surface area contributed by atoms with E-state index in [2.05, 4.69) is 10.7 Å². The lowest BCUT2D eigenvalue weighted by molar-refractivity contribution is -0.140. The summed E-state index contributed by atoms with van der Waals surface area (Å²) in [6.45, 7) is 2.46. The molecular weight excluding hydrogens is 484 g/mol. The first-order valence-corrected chi connectivity index (χ1v) is 11.7. The molecule has 1 aromatic rings. The van der Waals surface area contributed by atoms with Crippen LogP contribution in [0.2, 0.25) is 0 Å². The number of nitrogens with two attached hydrogens (primary N) is 2. The number of likely N-dealkylation sites (N-methyl/N-ethyl adjacent to an activating group) is 1. The predicted octanol–water partition coefficient (Wildman–Crippen LogP) is -0.255. The molecule has 0 spiro atoms. The van der Waals surface area contributed by atoms with E-state index in [0.29, 0.717) is 17.7 Å². The van der Waals surface area contributed by atoms with E-state index in [1.54, 1.807) is 13.0 Å². The minimum Gasteiger partial charge on any atom is -0.507 e. The lowest BCUT2D eigenvalue weighted by Crippen LogP contribution is -2.81. The number of carbonyl (C=O) groups is 2. The van der Waals surface area contributed by atoms with Gasteiger partial charge in [0.05, 0.1) is 35.0 Å². The molecule has 4 rings (SSSR count). The predicted molar refractivity (Wildman–Crippen MR) is 132 cm³/mol. The van der Waals surface area contributed by atoms with Crippen LogP contribution in [0, 0.1) is 16.2 Å². The zero-order valence-corrected chi connectivity index (χ0v) is 20.7. The monoisotopic (exact) mass is 514 g/mol. The molecule has 1 saturated carbocycles. The summed E-state index contributed by atoms with van der Waals surface area (Å²) in [5.74, 6) is -3.92. The number of ketones is 1. The molecule has 13 nitrogen and oxygen atoms in total. The number of Topliss-reactive ketones (excluding diaryl/α,β-unsaturated/α-hetero) is 1. The van der Waals surface area contributed by atoms with E-state index in [0.717, 1.165) is 0 Å². The Kier molecular flexibility index (Phi) is 6.55. The minimum atomic E-state index is -2.82. The summed E-state index contributed by atoms with van der Waals surface area (Å²) in [4.78, 5) is 44.8. The van der Waals surface area contributed by atoms with Crippen LogP contribution in [0.3, 0.4) is 0 Å². The van der Waals surface area contributed by atoms with Crippen molar-refractivity contribution >= 4 is 23.2 Å². The van der Waals surface area contributed by atoms with Gasteiger partial charge in [-0.1, -0.05) is 6.07 Å². The van der Waals surface area contributed by atoms with Gasteiger partial charge in [0.1, 0.15) is 17.2 Å². The molecule has 198 valence electrons. The molecular formula is C24H30N6O7. The first-order valence-electron chi connectivity index (χ1n) is 11.7. The number of hydroxylamine groups is 1. The summed E-state index contributed by atoms with van der Waals surface area (Å²) in [5, 5.41) is 45.3. The summed E-state index contributed by atoms with van der Waals surface area (Å²) < 4.78 is 0. The Morgan fingerprint density at radius 3 is 2.59 bits per heavy atom. The Bertz CT molecular complexity index is 1290. The molecule has 0 radical (unpaired) electrons. The van der Waals surface area contributed by atoms with Gasteiger partial charge in [-0.25, -0.2) is 0 Å². The van der Waals surface area contributed by atoms with Gasteiger partial charge in [-0.05, 0) is 62.1 Å². The molecule has 1 aromatic carbocycles. The van der Waals surface area contributed by atoms with Crippen LogP contribution in [0.1, 0.15) is 30.0 Å². The van der Waals surface area contributed by atoms with Crippen molar-refractivity contribution in [1.82, 2.24) is 10.4 Å². The third-order valence-electron chi connectivity index (χ3n) is 7.55. The highest BCUT2D eigenvalue weighted by Crippen LogP contribution is 2.53. The van der Waals surface area contributed by atoms with Crippen molar-refractivity contribution in [2.45, 2.75) is 43.5 Å². The number of hydrogen-bond acceptors (Lipinski definition) is 12. The average molecular weight is 515 g/mol. The van der Waals surface area contributed by atoms with Crippen molar-refractivity contribution < 1.29 is 29.7 Å². The van der Waals surface area contributed by atoms with E-state index in [1.807, 2.05) is 0 Å². The molecule has 4 atom stereocenters. The van der Waals surface area contributed by atoms with Gasteiger partial charge in [0.2, 0.25) is 5.78 Å². The Hall–Kier alpha value is -3.49. The zero-order chi connectivity index (χ0) is 27.4. The summed E-state index contributed by atoms with van der Waals surface area (Å²) in [5.41, 5.74) is 9.12. The normalized spacial score (nSPS) is 29.2. The Balaban J connectivity index is 1.96. The number of nitrogens with one attached hydrogen (secondary N) is 2. The lowest BCUT2D eigenvalue weighted by atomic mass is 9.52. The van der Waals surface area contributed by atoms with Gasteiger partial charge in [-0.3, -0.25) is 14.5 Å². The summed E-state index contributed by atoms with van der Waals surface area (Å²) in [6, 6.07) is 1.77. The highest BCUT2D eigenvalue weighted by Gasteiger charge is 2.70. The van der Waals surface area contributed by atoms with Crippen LogP contribution in [0.4, 0.5) is 0 Å². The van der Waals surface area contributed by atoms with E-state index >= 15 is 0 Å². The fourth-order valence-corrected chi connectivity index (χ4v) is 6.07. The molecule has 3 aliphatic carbocycles. The van der Waals surface area contributed by atoms with Crippen molar-refractivity contribution in [2.75, 3.05) is 20.7 Å². The van der Waals surface area contributed by atoms with Crippen LogP contribution >= 0.6 is 0 Å². The molecule has 37 heavy (non-hydrogen) atoms. The van der Waals surface area contributed by atoms with Crippen LogP contribution in [-0.2, 0) is 27.4 Å². The van der Waals surface area contributed by atoms with Gasteiger partial charge in [0, 0.05) is 12.1 Å². The van der Waals surface area contributed by atoms with Crippen molar-refractivity contribution in [3.8, 4) is 5.75 Å². The van der Waals surface area contributed by atoms with Crippen LogP contribution < -0.4 is 16.9 Å². The van der Waals surface area contributed by atoms with Crippen LogP contribution in [0.5, 0.6) is 5.75 Å². The number of aliphatic hydroxyl groups excluding tert-OH is 1. The van der Waals surface area contributed by atoms with Gasteiger partial charge in [0.25, 0.3) is 5.91 Å². The van der Waals surface area contributed by atoms with Crippen LogP contribution in [-0.4, -0.2) is 75.5 Å². The average Bonchev–Trinajstić information content (AvgIpc) is 2.82. The molecule has 0 aromatic heterocycles. The molecule has 3 aliphatic rings. The van der Waals surface area contributed by atoms with Crippen molar-refractivity contribution in [1.29, 1.82) is 5.41 Å². The quantitative estimate of drug-likeness (QED) is 0.143. The number of carbonyl (C=O) groups excluding carboxylic acids is 2. The fraction of sp³-hybridized carbons (Fsp3) is 0.458. The highest BCUT2D eigenvalue weighted by molar-refractivity contribution is 6.35. The van der Waals surface area contributed by atoms with Gasteiger partial charge < -0.3 is 37.0 Å². The second-order valence-corrected chi connectivity index (χ2v) is 9.76. The molecule has 1 amide bonds. The smallest absolute Gasteiger partial charge is 0.252 e. The van der Waals surface area contributed by atoms with Crippen molar-refractivity contribution in [3.05, 3.63) is 50.6 Å². The number of aromatic hydroxyl groups is 1. The maximum atomic E-state index is 14.0. The van der Waals surface area contributed by atoms with Gasteiger partial charge in [-0.15, -0.1) is 4.91 Å². The third-order valence-corrected chi connectivity index (χ3v) is 7.55. The maximum absolute atomic E-state index is 14.0. The SMILES string of the molecule is CCONCc1ccc(O)c2c1C[C@H]1C[C@@]3(N)[C@H](N(C)C)C(N=O)=C(C(N)=O)C(=N)[C@@]3(O)C(=O)C1=C2O. The molecule has 0 bridgehead atoms. The Morgan fingerprint density at radius 1 is 1.35 bits per heavy atom. The standard InChI is InChI=1S/C24H30N6O7/c1-4-37-28-9-10-5-6-13(31)15-12(10)7-11-8-23(27)20(30(2)3)17(29-36)16(22(26)34)19(25)24(23,35)21(33)14(11)18(15)32/h5-6,11,20,25,28,31-32,35H,4,7-9,27H2,1-3H3,(H2,26,34)/t11-,20+,23+,24+/m0/s1. The van der Waals surface area contributed by atoms with Gasteiger partial charge >= 0.3 is 0 Å². The largest absolute Gasteiger partial charge is 0.507 e. The number of nitroso groups, excluding NO2 is 1. The molecule has 0 aliphatic heterocycles. The number of aliphatic hydroxyl groups is 2. The highest BCUT2D eigenvalue weighted by atomic mass is 16.6. The van der Waals surface area contributed by atoms with Crippen molar-refractivity contribution in [3.63, 3.8) is 0 Å². The minimum absolute atomic E-state index is 0.0240. The third kappa shape index (κ3) is 3.54. The van der Waals surface area contributed by atoms with Crippen LogP contribution in [0.25, 0.3) is 5.76 Å². The number of phenolic OH excluding ortho intramolecular Hbond substituents is 1. The first-order chi connectivity index (χ1) is 17.4. The van der Waals surface area contributed by atoms with E-state index < -0.39 is 57.5 Å². The first kappa shape index (κ1) is 26.6. The van der Waals surface area contributed by atoms with Crippen LogP contribution in [0.15, 0.2) is 34.2 Å². The fourth-order valence-electron chi connectivity index (χ4n) is 6.07. The summed E-state index contributed by atoms with van der Waals surface area (Å²) >= 11 is 0. The molecule has 0 saturated heterocycles. The number of primary amides is 1. The number of amides is 1. The molecule has 13 heteroatoms. The van der Waals surface area contributed by atoms with Gasteiger partial charge in [-0.2, -0.15) is 5.48 Å². The number of nitrogens with zero attached hydrogens (tertiary/aromatic N) is 2. The summed E-state index contributed by atoms with van der Waals surface area (Å²) in [7, 11) is 3.05. The van der Waals surface area contributed by atoms with E-state index in [-0.39, 0.29) is 36.3 Å². The van der Waals surface area contributed by atoms with E-state index in [1.165, 1.54) is 25.1 Å².